The third kappa shape index (κ3) is 6.21. The molecule has 2 aromatic rings. The first kappa shape index (κ1) is 23.2. The number of rotatable bonds is 6. The Balaban J connectivity index is 0.00000300. The molecule has 2 atom stereocenters. The van der Waals surface area contributed by atoms with Crippen molar-refractivity contribution in [1.29, 1.82) is 0 Å². The van der Waals surface area contributed by atoms with Gasteiger partial charge in [0, 0.05) is 32.6 Å². The normalized spacial score (nSPS) is 18.8. The van der Waals surface area contributed by atoms with Gasteiger partial charge in [0.15, 0.2) is 5.96 Å². The average molecular weight is 524 g/mol. The van der Waals surface area contributed by atoms with Crippen molar-refractivity contribution in [3.63, 3.8) is 0 Å². The molecule has 1 saturated carbocycles. The van der Waals surface area contributed by atoms with Gasteiger partial charge in [-0.05, 0) is 25.0 Å². The number of nitrogens with one attached hydrogen (secondary N) is 1. The number of aryl methyl sites for hydroxylation is 1. The fourth-order valence-electron chi connectivity index (χ4n) is 3.05. The predicted octanol–water partition coefficient (Wildman–Crippen LogP) is 3.29. The largest absolute Gasteiger partial charge is 0.573 e. The topological polar surface area (TPSA) is 67.6 Å². The third-order valence-corrected chi connectivity index (χ3v) is 4.50. The Labute approximate surface area is 184 Å². The quantitative estimate of drug-likeness (QED) is 0.357. The molecule has 29 heavy (non-hydrogen) atoms. The number of halogens is 4. The van der Waals surface area contributed by atoms with Gasteiger partial charge in [-0.2, -0.15) is 5.10 Å². The highest BCUT2D eigenvalue weighted by molar-refractivity contribution is 14.0. The minimum atomic E-state index is -4.71. The molecule has 1 heterocycles. The van der Waals surface area contributed by atoms with Gasteiger partial charge in [-0.25, -0.2) is 4.98 Å². The molecule has 1 fully saturated rings. The summed E-state index contributed by atoms with van der Waals surface area (Å²) >= 11 is 0. The number of aliphatic imine (C=N–C) groups is 1. The summed E-state index contributed by atoms with van der Waals surface area (Å²) in [7, 11) is 3.70. The Bertz CT molecular complexity index is 841. The molecule has 0 amide bonds. The number of nitrogens with zero attached hydrogens (tertiary/aromatic N) is 5. The van der Waals surface area contributed by atoms with Crippen molar-refractivity contribution in [1.82, 2.24) is 25.0 Å². The average Bonchev–Trinajstić information content (AvgIpc) is 3.27. The van der Waals surface area contributed by atoms with Crippen LogP contribution in [0.5, 0.6) is 5.75 Å². The van der Waals surface area contributed by atoms with Crippen LogP contribution in [-0.4, -0.2) is 51.6 Å². The molecule has 7 nitrogen and oxygen atoms in total. The first-order valence-corrected chi connectivity index (χ1v) is 8.98. The summed E-state index contributed by atoms with van der Waals surface area (Å²) in [6.07, 6.45) is -2.51. The second-order valence-electron chi connectivity index (χ2n) is 6.63. The molecular formula is C18H24F3IN6O. The molecular weight excluding hydrogens is 500 g/mol. The van der Waals surface area contributed by atoms with Crippen LogP contribution in [0.15, 0.2) is 35.6 Å². The second kappa shape index (κ2) is 9.63. The van der Waals surface area contributed by atoms with Gasteiger partial charge < -0.3 is 15.0 Å². The number of benzene rings is 1. The van der Waals surface area contributed by atoms with Crippen LogP contribution in [0.1, 0.15) is 30.7 Å². The lowest BCUT2D eigenvalue weighted by atomic mass is 10.1. The van der Waals surface area contributed by atoms with Crippen molar-refractivity contribution in [2.45, 2.75) is 38.2 Å². The Hall–Kier alpha value is -2.05. The third-order valence-electron chi connectivity index (χ3n) is 4.50. The Morgan fingerprint density at radius 1 is 1.38 bits per heavy atom. The number of guanidine groups is 1. The smallest absolute Gasteiger partial charge is 0.405 e. The van der Waals surface area contributed by atoms with E-state index in [2.05, 4.69) is 25.1 Å². The number of alkyl halides is 3. The van der Waals surface area contributed by atoms with Gasteiger partial charge >= 0.3 is 6.36 Å². The molecule has 0 saturated heterocycles. The van der Waals surface area contributed by atoms with E-state index in [1.165, 1.54) is 18.5 Å². The number of hydrogen-bond donors (Lipinski definition) is 1. The lowest BCUT2D eigenvalue weighted by Gasteiger charge is -2.22. The van der Waals surface area contributed by atoms with Crippen molar-refractivity contribution in [3.8, 4) is 5.75 Å². The molecule has 0 radical (unpaired) electrons. The minimum absolute atomic E-state index is 0. The minimum Gasteiger partial charge on any atom is -0.405 e. The molecule has 1 aliphatic carbocycles. The van der Waals surface area contributed by atoms with Gasteiger partial charge in [0.05, 0.1) is 6.54 Å². The highest BCUT2D eigenvalue weighted by Gasteiger charge is 2.42. The van der Waals surface area contributed by atoms with Crippen molar-refractivity contribution in [3.05, 3.63) is 42.0 Å². The monoisotopic (exact) mass is 524 g/mol. The number of ether oxygens (including phenoxy) is 1. The van der Waals surface area contributed by atoms with Crippen LogP contribution in [0.3, 0.4) is 0 Å². The van der Waals surface area contributed by atoms with Gasteiger partial charge in [0.2, 0.25) is 0 Å². The Kier molecular flexibility index (Phi) is 7.72. The highest BCUT2D eigenvalue weighted by Crippen LogP contribution is 2.45. The van der Waals surface area contributed by atoms with Crippen molar-refractivity contribution in [2.24, 2.45) is 12.0 Å². The van der Waals surface area contributed by atoms with E-state index < -0.39 is 6.36 Å². The summed E-state index contributed by atoms with van der Waals surface area (Å²) in [5.41, 5.74) is 0.545. The molecule has 1 aromatic heterocycles. The summed E-state index contributed by atoms with van der Waals surface area (Å²) in [4.78, 5) is 10.6. The number of hydrogen-bond acceptors (Lipinski definition) is 4. The molecule has 3 rings (SSSR count). The summed E-state index contributed by atoms with van der Waals surface area (Å²) < 4.78 is 43.8. The maximum atomic E-state index is 12.7. The van der Waals surface area contributed by atoms with Gasteiger partial charge in [-0.15, -0.1) is 37.1 Å². The Morgan fingerprint density at radius 3 is 2.72 bits per heavy atom. The zero-order chi connectivity index (χ0) is 20.3. The summed E-state index contributed by atoms with van der Waals surface area (Å²) in [6.45, 7) is 3.01. The zero-order valence-corrected chi connectivity index (χ0v) is 18.7. The van der Waals surface area contributed by atoms with E-state index >= 15 is 0 Å². The van der Waals surface area contributed by atoms with Crippen molar-refractivity contribution < 1.29 is 17.9 Å². The number of para-hydroxylation sites is 1. The van der Waals surface area contributed by atoms with Gasteiger partial charge in [0.25, 0.3) is 0 Å². The molecule has 1 N–H and O–H groups in total. The van der Waals surface area contributed by atoms with Crippen LogP contribution in [0, 0.1) is 0 Å². The molecule has 2 unspecified atom stereocenters. The van der Waals surface area contributed by atoms with E-state index in [-0.39, 0.29) is 41.7 Å². The van der Waals surface area contributed by atoms with E-state index in [1.807, 2.05) is 25.9 Å². The molecule has 0 spiro atoms. The van der Waals surface area contributed by atoms with Crippen LogP contribution in [-0.2, 0) is 13.6 Å². The lowest BCUT2D eigenvalue weighted by molar-refractivity contribution is -0.274. The van der Waals surface area contributed by atoms with Crippen LogP contribution in [0.25, 0.3) is 0 Å². The summed E-state index contributed by atoms with van der Waals surface area (Å²) in [5, 5.41) is 7.40. The van der Waals surface area contributed by atoms with E-state index in [0.717, 1.165) is 5.82 Å². The van der Waals surface area contributed by atoms with Crippen LogP contribution < -0.4 is 10.1 Å². The zero-order valence-electron chi connectivity index (χ0n) is 16.3. The fourth-order valence-corrected chi connectivity index (χ4v) is 3.05. The molecule has 0 aliphatic heterocycles. The van der Waals surface area contributed by atoms with Crippen LogP contribution >= 0.6 is 24.0 Å². The van der Waals surface area contributed by atoms with Crippen LogP contribution in [0.4, 0.5) is 13.2 Å². The molecule has 1 aliphatic rings. The molecule has 1 aromatic carbocycles. The van der Waals surface area contributed by atoms with Gasteiger partial charge in [0.1, 0.15) is 17.9 Å². The fraction of sp³-hybridized carbons (Fsp3) is 0.500. The molecule has 11 heteroatoms. The maximum absolute atomic E-state index is 12.7. The van der Waals surface area contributed by atoms with Gasteiger partial charge in [-0.1, -0.05) is 18.2 Å². The van der Waals surface area contributed by atoms with E-state index in [0.29, 0.717) is 31.0 Å². The Morgan fingerprint density at radius 2 is 2.10 bits per heavy atom. The van der Waals surface area contributed by atoms with Gasteiger partial charge in [-0.3, -0.25) is 9.67 Å². The summed E-state index contributed by atoms with van der Waals surface area (Å²) in [6, 6.07) is 6.26. The highest BCUT2D eigenvalue weighted by atomic mass is 127. The van der Waals surface area contributed by atoms with Crippen LogP contribution in [0.2, 0.25) is 0 Å². The predicted molar refractivity (Wildman–Crippen MR) is 113 cm³/mol. The van der Waals surface area contributed by atoms with Crippen molar-refractivity contribution in [2.75, 3.05) is 13.6 Å². The van der Waals surface area contributed by atoms with E-state index in [4.69, 9.17) is 0 Å². The van der Waals surface area contributed by atoms with E-state index in [9.17, 15) is 13.2 Å². The second-order valence-corrected chi connectivity index (χ2v) is 6.63. The number of aromatic nitrogens is 3. The standard InChI is InChI=1S/C18H23F3N6O.HI/c1-4-22-17(26(2)10-16-23-11-24-27(16)3)25-14-9-13(14)12-7-5-6-8-15(12)28-18(19,20)21;/h5-8,11,13-14H,4,9-10H2,1-3H3,(H,22,25);1H. The first-order valence-electron chi connectivity index (χ1n) is 8.98. The molecule has 160 valence electrons. The maximum Gasteiger partial charge on any atom is 0.573 e. The molecule has 0 bridgehead atoms. The first-order chi connectivity index (χ1) is 13.3. The summed E-state index contributed by atoms with van der Waals surface area (Å²) in [5.74, 6) is 1.24. The van der Waals surface area contributed by atoms with E-state index in [1.54, 1.807) is 16.8 Å². The SMILES string of the molecule is CCN=C(NC1CC1c1ccccc1OC(F)(F)F)N(C)Cc1ncnn1C.I. The van der Waals surface area contributed by atoms with Crippen molar-refractivity contribution >= 4 is 29.9 Å². The lowest BCUT2D eigenvalue weighted by Crippen LogP contribution is -2.40.